The molecule has 28 heteroatoms. The summed E-state index contributed by atoms with van der Waals surface area (Å²) in [5.41, 5.74) is 4.67. The third kappa shape index (κ3) is 15.7. The molecule has 1 N–H and O–H groups in total. The van der Waals surface area contributed by atoms with Gasteiger partial charge in [0.15, 0.2) is 0 Å². The van der Waals surface area contributed by atoms with Gasteiger partial charge in [-0.3, -0.25) is 14.7 Å². The molecule has 6 unspecified atom stereocenters. The van der Waals surface area contributed by atoms with E-state index in [1.807, 2.05) is 21.6 Å². The van der Waals surface area contributed by atoms with E-state index in [0.717, 1.165) is 214 Å². The number of urea groups is 1. The number of anilines is 4. The molecule has 3 spiro atoms. The number of fused-ring (bicyclic) bond motifs is 12. The van der Waals surface area contributed by atoms with Gasteiger partial charge in [0.05, 0.1) is 51.0 Å². The SMILES string of the molecule is CCOC(=O)N1C2CCC1CC(N1CCC3(CC1)CN(C(=O)Nc1ccc(F)cc1)c1ccc(F)cc13)C2.COCCOC(=O)N1CC2(CCN(C3CC4CCC(C3)N4C(=O)OC3CCC3)CC2)c2cc(F)ccc21.O=C(O[C@H]1CCOC1)N1CC2(CCN(C3CC4CCC(C3)N4C(=O)O[C@H]3CCOC3)CC2)c2cc(F)ccc21.[HH]. The van der Waals surface area contributed by atoms with Crippen molar-refractivity contribution in [2.75, 3.05) is 132 Å². The van der Waals surface area contributed by atoms with Crippen molar-refractivity contribution in [2.45, 2.75) is 244 Å². The zero-order valence-corrected chi connectivity index (χ0v) is 65.8. The molecule has 4 aromatic rings. The van der Waals surface area contributed by atoms with Crippen LogP contribution in [0.3, 0.4) is 0 Å². The maximum absolute atomic E-state index is 14.4. The van der Waals surface area contributed by atoms with Gasteiger partial charge < -0.3 is 72.6 Å². The molecule has 6 bridgehead atoms. The number of methoxy groups -OCH3 is 1. The zero-order chi connectivity index (χ0) is 78.6. The minimum absolute atomic E-state index is 0. The number of benzene rings is 4. The molecular formula is C86H112F4N10O14. The van der Waals surface area contributed by atoms with Crippen LogP contribution < -0.4 is 20.0 Å². The average Bonchev–Trinajstić information content (AvgIpc) is 1.60. The van der Waals surface area contributed by atoms with Gasteiger partial charge in [-0.15, -0.1) is 0 Å². The fourth-order valence-electron chi connectivity index (χ4n) is 22.4. The third-order valence-electron chi connectivity index (χ3n) is 28.6. The van der Waals surface area contributed by atoms with E-state index in [4.69, 9.17) is 37.9 Å². The highest BCUT2D eigenvalue weighted by molar-refractivity contribution is 6.04. The lowest BCUT2D eigenvalue weighted by atomic mass is 9.73. The molecule has 15 aliphatic rings. The number of hydrogen-bond acceptors (Lipinski definition) is 17. The summed E-state index contributed by atoms with van der Waals surface area (Å²) < 4.78 is 100. The van der Waals surface area contributed by atoms with Crippen LogP contribution in [0, 0.1) is 23.3 Å². The zero-order valence-electron chi connectivity index (χ0n) is 65.8. The first kappa shape index (κ1) is 78.5. The molecule has 114 heavy (non-hydrogen) atoms. The molecule has 1 aliphatic carbocycles. The molecule has 0 radical (unpaired) electrons. The molecule has 11 saturated heterocycles. The highest BCUT2D eigenvalue weighted by Crippen LogP contribution is 2.53. The highest BCUT2D eigenvalue weighted by atomic mass is 19.1. The number of hydrogen-bond donors (Lipinski definition) is 1. The molecule has 618 valence electrons. The minimum Gasteiger partial charge on any atom is -0.450 e. The summed E-state index contributed by atoms with van der Waals surface area (Å²) in [6, 6.07) is 22.3. The Hall–Kier alpha value is -8.02. The number of nitrogens with one attached hydrogen (secondary N) is 1. The summed E-state index contributed by atoms with van der Waals surface area (Å²) in [7, 11) is 1.57. The van der Waals surface area contributed by atoms with Gasteiger partial charge >= 0.3 is 36.5 Å². The fourth-order valence-corrected chi connectivity index (χ4v) is 22.4. The van der Waals surface area contributed by atoms with Crippen LogP contribution in [0.15, 0.2) is 78.9 Å². The first-order valence-corrected chi connectivity index (χ1v) is 42.3. The predicted molar refractivity (Wildman–Crippen MR) is 417 cm³/mol. The first-order chi connectivity index (χ1) is 55.3. The first-order valence-electron chi connectivity index (χ1n) is 42.3. The van der Waals surface area contributed by atoms with Crippen LogP contribution in [0.2, 0.25) is 0 Å². The predicted octanol–water partition coefficient (Wildman–Crippen LogP) is 14.0. The van der Waals surface area contributed by atoms with E-state index >= 15 is 0 Å². The van der Waals surface area contributed by atoms with Crippen LogP contribution in [0.4, 0.5) is 69.1 Å². The van der Waals surface area contributed by atoms with Gasteiger partial charge in [-0.1, -0.05) is 0 Å². The number of likely N-dealkylation sites (tertiary alicyclic amines) is 3. The van der Waals surface area contributed by atoms with Gasteiger partial charge in [-0.05, 0) is 277 Å². The molecule has 12 fully saturated rings. The van der Waals surface area contributed by atoms with Crippen LogP contribution in [-0.4, -0.2) is 251 Å². The van der Waals surface area contributed by atoms with E-state index in [1.54, 1.807) is 58.2 Å². The second kappa shape index (κ2) is 33.2. The topological polar surface area (TPSA) is 217 Å². The molecule has 0 aromatic heterocycles. The Bertz CT molecular complexity index is 4130. The van der Waals surface area contributed by atoms with Crippen LogP contribution >= 0.6 is 0 Å². The van der Waals surface area contributed by atoms with Crippen molar-refractivity contribution >= 4 is 59.2 Å². The Morgan fingerprint density at radius 1 is 0.421 bits per heavy atom. The monoisotopic (exact) mass is 1580 g/mol. The molecule has 14 aliphatic heterocycles. The van der Waals surface area contributed by atoms with Gasteiger partial charge in [-0.25, -0.2) is 46.3 Å². The quantitative estimate of drug-likeness (QED) is 0.0838. The number of piperidine rings is 6. The van der Waals surface area contributed by atoms with Crippen LogP contribution in [0.1, 0.15) is 173 Å². The second-order valence-corrected chi connectivity index (χ2v) is 34.9. The molecule has 1 saturated carbocycles. The lowest BCUT2D eigenvalue weighted by Crippen LogP contribution is -2.56. The standard InChI is InChI=1S/C29H34F2N4O3.C29H38FN3O6.C28H38FN3O5.H2/c1-2-38-28(37)35-22-8-9-23(35)17-24(16-22)33-13-11-29(12-14-33)18-34(26-10-5-20(31)15-25(26)29)27(36)32-21-6-3-19(30)4-7-21;30-19-1-4-26-25(13-19)29(18-32(26)27(34)38-23-5-11-36-16-23)7-9-31(10-8-29)22-14-20-2-3-21(15-22)33(20)28(35)39-24-6-12-37-17-24;1-35-13-14-36-26(33)31-18-28(24-15-19(29)5-8-25(24)31)9-11-30(12-10-28)22-16-20-6-7-21(17-22)32(20)27(34)37-23-3-2-4-23;/h3-7,10,15,22-24H,2,8-9,11-14,16-18H2,1H3,(H,32,36);1,4,13,20-24H,2-3,5-12,14-18H2;5,8,15,20-23H,2-4,6-7,9-14,16-18H2,1H3;1H/t;20?,21?,22?,23-,24-;;/m.0../s1. The van der Waals surface area contributed by atoms with E-state index in [2.05, 4.69) is 20.0 Å². The Balaban J connectivity index is 0.000000129. The largest absolute Gasteiger partial charge is 0.450 e. The van der Waals surface area contributed by atoms with E-state index in [9.17, 15) is 46.3 Å². The Morgan fingerprint density at radius 3 is 1.17 bits per heavy atom. The Morgan fingerprint density at radius 2 is 0.789 bits per heavy atom. The van der Waals surface area contributed by atoms with Crippen molar-refractivity contribution in [3.63, 3.8) is 0 Å². The number of carbonyl (C=O) groups is 6. The number of nitrogens with zero attached hydrogens (tertiary/aromatic N) is 9. The van der Waals surface area contributed by atoms with Crippen LogP contribution in [0.5, 0.6) is 0 Å². The van der Waals surface area contributed by atoms with E-state index in [0.29, 0.717) is 89.5 Å². The van der Waals surface area contributed by atoms with Crippen molar-refractivity contribution in [3.05, 3.63) is 119 Å². The summed E-state index contributed by atoms with van der Waals surface area (Å²) in [4.78, 5) is 96.4. The molecule has 4 aromatic carbocycles. The number of amides is 7. The van der Waals surface area contributed by atoms with Gasteiger partial charge in [0.1, 0.15) is 48.2 Å². The lowest BCUT2D eigenvalue weighted by Gasteiger charge is -2.47. The maximum Gasteiger partial charge on any atom is 0.414 e. The summed E-state index contributed by atoms with van der Waals surface area (Å²) in [5.74, 6) is -1.20. The van der Waals surface area contributed by atoms with Crippen molar-refractivity contribution < 1.29 is 85.7 Å². The van der Waals surface area contributed by atoms with E-state index in [-0.39, 0.29) is 133 Å². The summed E-state index contributed by atoms with van der Waals surface area (Å²) in [6.45, 7) is 11.8. The van der Waals surface area contributed by atoms with Gasteiger partial charge in [0.25, 0.3) is 0 Å². The third-order valence-corrected chi connectivity index (χ3v) is 28.6. The molecule has 24 nitrogen and oxygen atoms in total. The normalized spacial score (nSPS) is 29.4. The van der Waals surface area contributed by atoms with Gasteiger partial charge in [-0.2, -0.15) is 0 Å². The Labute approximate surface area is 666 Å². The lowest BCUT2D eigenvalue weighted by molar-refractivity contribution is -0.00584. The van der Waals surface area contributed by atoms with E-state index < -0.39 is 6.09 Å². The smallest absolute Gasteiger partial charge is 0.414 e. The van der Waals surface area contributed by atoms with E-state index in [1.165, 1.54) is 42.5 Å². The number of halogens is 4. The van der Waals surface area contributed by atoms with Crippen molar-refractivity contribution in [2.24, 2.45) is 0 Å². The van der Waals surface area contributed by atoms with Crippen molar-refractivity contribution in [3.8, 4) is 0 Å². The van der Waals surface area contributed by atoms with Gasteiger partial charge in [0, 0.05) is 123 Å². The summed E-state index contributed by atoms with van der Waals surface area (Å²) in [5, 5.41) is 2.86. The fraction of sp³-hybridized carbons (Fsp3) is 0.651. The molecule has 14 heterocycles. The van der Waals surface area contributed by atoms with Crippen LogP contribution in [0.25, 0.3) is 0 Å². The number of ether oxygens (including phenoxy) is 8. The highest BCUT2D eigenvalue weighted by Gasteiger charge is 2.55. The summed E-state index contributed by atoms with van der Waals surface area (Å²) >= 11 is 0. The maximum atomic E-state index is 14.4. The molecular weight excluding hydrogens is 1470 g/mol. The average molecular weight is 1590 g/mol. The van der Waals surface area contributed by atoms with Crippen molar-refractivity contribution in [1.82, 2.24) is 29.4 Å². The van der Waals surface area contributed by atoms with Gasteiger partial charge in [0.2, 0.25) is 0 Å². The Kier molecular flexibility index (Phi) is 22.8. The molecule has 8 atom stereocenters. The molecule has 19 rings (SSSR count). The second-order valence-electron chi connectivity index (χ2n) is 34.9. The van der Waals surface area contributed by atoms with Crippen LogP contribution in [-0.2, 0) is 54.1 Å². The van der Waals surface area contributed by atoms with Crippen molar-refractivity contribution in [1.29, 1.82) is 0 Å². The number of carbonyl (C=O) groups excluding carboxylic acids is 6. The summed E-state index contributed by atoms with van der Waals surface area (Å²) in [6.07, 6.45) is 20.4. The number of rotatable bonds is 11. The minimum atomic E-state index is -0.401. The molecule has 7 amide bonds.